The summed E-state index contributed by atoms with van der Waals surface area (Å²) in [4.78, 5) is 12.1. The third kappa shape index (κ3) is 5.38. The Bertz CT molecular complexity index is 771. The number of piperidine rings is 1. The quantitative estimate of drug-likeness (QED) is 0.692. The molecule has 2 atom stereocenters. The first-order chi connectivity index (χ1) is 14.6. The first-order valence-electron chi connectivity index (χ1n) is 11.5. The lowest BCUT2D eigenvalue weighted by atomic mass is 9.96. The Morgan fingerprint density at radius 2 is 1.90 bits per heavy atom. The summed E-state index contributed by atoms with van der Waals surface area (Å²) in [5.74, 6) is 3.89. The summed E-state index contributed by atoms with van der Waals surface area (Å²) < 4.78 is 5.96. The predicted octanol–water partition coefficient (Wildman–Crippen LogP) is 3.26. The SMILES string of the molecule is CC(C)Cc1nnc(C(C)N2CCCC(CN3CCN(c4ccccn4)CC3)C2)o1. The molecule has 0 saturated carbocycles. The van der Waals surface area contributed by atoms with Gasteiger partial charge in [0.15, 0.2) is 0 Å². The lowest BCUT2D eigenvalue weighted by Crippen LogP contribution is -2.50. The van der Waals surface area contributed by atoms with E-state index in [0.29, 0.717) is 11.8 Å². The van der Waals surface area contributed by atoms with Crippen LogP contribution in [0.15, 0.2) is 28.8 Å². The van der Waals surface area contributed by atoms with Gasteiger partial charge in [0.25, 0.3) is 0 Å². The van der Waals surface area contributed by atoms with Crippen molar-refractivity contribution in [2.75, 3.05) is 50.7 Å². The van der Waals surface area contributed by atoms with Gasteiger partial charge in [0, 0.05) is 51.9 Å². The van der Waals surface area contributed by atoms with Crippen molar-refractivity contribution in [3.05, 3.63) is 36.2 Å². The van der Waals surface area contributed by atoms with Crippen LogP contribution in [0.1, 0.15) is 51.4 Å². The summed E-state index contributed by atoms with van der Waals surface area (Å²) in [6.45, 7) is 14.3. The molecule has 0 bridgehead atoms. The highest BCUT2D eigenvalue weighted by atomic mass is 16.4. The van der Waals surface area contributed by atoms with Gasteiger partial charge in [-0.2, -0.15) is 0 Å². The summed E-state index contributed by atoms with van der Waals surface area (Å²) in [6, 6.07) is 6.36. The Kier molecular flexibility index (Phi) is 7.00. The van der Waals surface area contributed by atoms with Crippen LogP contribution in [0.3, 0.4) is 0 Å². The highest BCUT2D eigenvalue weighted by molar-refractivity contribution is 5.38. The van der Waals surface area contributed by atoms with Gasteiger partial charge in [-0.3, -0.25) is 9.80 Å². The third-order valence-electron chi connectivity index (χ3n) is 6.38. The number of pyridine rings is 1. The fraction of sp³-hybridized carbons (Fsp3) is 0.696. The van der Waals surface area contributed by atoms with Gasteiger partial charge in [-0.25, -0.2) is 4.98 Å². The van der Waals surface area contributed by atoms with E-state index in [2.05, 4.69) is 62.8 Å². The van der Waals surface area contributed by atoms with Crippen molar-refractivity contribution in [2.24, 2.45) is 11.8 Å². The summed E-state index contributed by atoms with van der Waals surface area (Å²) in [5, 5.41) is 8.60. The van der Waals surface area contributed by atoms with Crippen LogP contribution >= 0.6 is 0 Å². The van der Waals surface area contributed by atoms with E-state index >= 15 is 0 Å². The van der Waals surface area contributed by atoms with Gasteiger partial charge in [-0.1, -0.05) is 19.9 Å². The molecule has 0 aliphatic carbocycles. The van der Waals surface area contributed by atoms with Crippen LogP contribution in [0.2, 0.25) is 0 Å². The van der Waals surface area contributed by atoms with Gasteiger partial charge in [-0.05, 0) is 50.3 Å². The number of hydrogen-bond acceptors (Lipinski definition) is 7. The van der Waals surface area contributed by atoms with Crippen molar-refractivity contribution in [2.45, 2.75) is 46.1 Å². The number of aromatic nitrogens is 3. The molecule has 0 spiro atoms. The van der Waals surface area contributed by atoms with Gasteiger partial charge in [-0.15, -0.1) is 10.2 Å². The molecule has 0 N–H and O–H groups in total. The molecule has 4 rings (SSSR count). The number of likely N-dealkylation sites (tertiary alicyclic amines) is 1. The van der Waals surface area contributed by atoms with Crippen LogP contribution in [0, 0.1) is 11.8 Å². The number of piperazine rings is 1. The van der Waals surface area contributed by atoms with E-state index in [9.17, 15) is 0 Å². The molecule has 0 aromatic carbocycles. The number of nitrogens with zero attached hydrogens (tertiary/aromatic N) is 6. The van der Waals surface area contributed by atoms with E-state index in [0.717, 1.165) is 63.3 Å². The van der Waals surface area contributed by atoms with E-state index < -0.39 is 0 Å². The fourth-order valence-electron chi connectivity index (χ4n) is 4.69. The van der Waals surface area contributed by atoms with E-state index in [1.54, 1.807) is 0 Å². The van der Waals surface area contributed by atoms with Crippen molar-refractivity contribution in [1.29, 1.82) is 0 Å². The van der Waals surface area contributed by atoms with Gasteiger partial charge in [0.2, 0.25) is 11.8 Å². The summed E-state index contributed by atoms with van der Waals surface area (Å²) >= 11 is 0. The summed E-state index contributed by atoms with van der Waals surface area (Å²) in [6.07, 6.45) is 5.30. The molecule has 2 saturated heterocycles. The van der Waals surface area contributed by atoms with E-state index in [1.165, 1.54) is 19.4 Å². The fourth-order valence-corrected chi connectivity index (χ4v) is 4.69. The zero-order chi connectivity index (χ0) is 20.9. The number of anilines is 1. The Morgan fingerprint density at radius 3 is 2.63 bits per heavy atom. The molecule has 2 aliphatic rings. The standard InChI is InChI=1S/C23H36N6O/c1-18(2)15-22-25-26-23(30-22)19(3)29-10-6-7-20(17-29)16-27-11-13-28(14-12-27)21-8-4-5-9-24-21/h4-5,8-9,18-20H,6-7,10-17H2,1-3H3. The second-order valence-electron chi connectivity index (χ2n) is 9.29. The Morgan fingerprint density at radius 1 is 1.07 bits per heavy atom. The lowest BCUT2D eigenvalue weighted by molar-refractivity contribution is 0.0906. The monoisotopic (exact) mass is 412 g/mol. The van der Waals surface area contributed by atoms with E-state index in [4.69, 9.17) is 4.42 Å². The van der Waals surface area contributed by atoms with Gasteiger partial charge in [0.05, 0.1) is 6.04 Å². The molecule has 7 heteroatoms. The minimum Gasteiger partial charge on any atom is -0.424 e. The minimum absolute atomic E-state index is 0.196. The molecule has 2 unspecified atom stereocenters. The van der Waals surface area contributed by atoms with Gasteiger partial charge < -0.3 is 9.32 Å². The van der Waals surface area contributed by atoms with Crippen LogP contribution in [0.25, 0.3) is 0 Å². The Labute approximate surface area is 180 Å². The molecular weight excluding hydrogens is 376 g/mol. The number of rotatable bonds is 7. The normalized spacial score (nSPS) is 22.5. The molecule has 2 aromatic rings. The van der Waals surface area contributed by atoms with Crippen molar-refractivity contribution in [3.63, 3.8) is 0 Å². The highest BCUT2D eigenvalue weighted by Gasteiger charge is 2.29. The second kappa shape index (κ2) is 9.88. The van der Waals surface area contributed by atoms with Crippen LogP contribution in [-0.4, -0.2) is 70.8 Å². The molecule has 30 heavy (non-hydrogen) atoms. The van der Waals surface area contributed by atoms with Crippen LogP contribution < -0.4 is 4.90 Å². The summed E-state index contributed by atoms with van der Waals surface area (Å²) in [7, 11) is 0. The summed E-state index contributed by atoms with van der Waals surface area (Å²) in [5.41, 5.74) is 0. The highest BCUT2D eigenvalue weighted by Crippen LogP contribution is 2.27. The molecule has 2 aromatic heterocycles. The van der Waals surface area contributed by atoms with Crippen molar-refractivity contribution >= 4 is 5.82 Å². The van der Waals surface area contributed by atoms with Gasteiger partial charge >= 0.3 is 0 Å². The molecule has 164 valence electrons. The van der Waals surface area contributed by atoms with Crippen molar-refractivity contribution in [3.8, 4) is 0 Å². The maximum absolute atomic E-state index is 5.96. The van der Waals surface area contributed by atoms with Crippen LogP contribution in [0.4, 0.5) is 5.82 Å². The lowest BCUT2D eigenvalue weighted by Gasteiger charge is -2.40. The third-order valence-corrected chi connectivity index (χ3v) is 6.38. The largest absolute Gasteiger partial charge is 0.424 e. The molecular formula is C23H36N6O. The van der Waals surface area contributed by atoms with Crippen molar-refractivity contribution < 1.29 is 4.42 Å². The molecule has 0 amide bonds. The van der Waals surface area contributed by atoms with Crippen LogP contribution in [0.5, 0.6) is 0 Å². The molecule has 2 aliphatic heterocycles. The van der Waals surface area contributed by atoms with Crippen molar-refractivity contribution in [1.82, 2.24) is 25.0 Å². The molecule has 7 nitrogen and oxygen atoms in total. The Balaban J connectivity index is 1.26. The van der Waals surface area contributed by atoms with Gasteiger partial charge in [0.1, 0.15) is 5.82 Å². The van der Waals surface area contributed by atoms with E-state index in [-0.39, 0.29) is 6.04 Å². The smallest absolute Gasteiger partial charge is 0.233 e. The zero-order valence-corrected chi connectivity index (χ0v) is 18.7. The van der Waals surface area contributed by atoms with Crippen LogP contribution in [-0.2, 0) is 6.42 Å². The first-order valence-corrected chi connectivity index (χ1v) is 11.5. The predicted molar refractivity (Wildman–Crippen MR) is 118 cm³/mol. The maximum atomic E-state index is 5.96. The average Bonchev–Trinajstić information content (AvgIpc) is 3.22. The first kappa shape index (κ1) is 21.2. The molecule has 4 heterocycles. The maximum Gasteiger partial charge on any atom is 0.233 e. The average molecular weight is 413 g/mol. The minimum atomic E-state index is 0.196. The number of hydrogen-bond donors (Lipinski definition) is 0. The molecule has 0 radical (unpaired) electrons. The second-order valence-corrected chi connectivity index (χ2v) is 9.29. The topological polar surface area (TPSA) is 61.5 Å². The Hall–Kier alpha value is -1.99. The molecule has 2 fully saturated rings. The zero-order valence-electron chi connectivity index (χ0n) is 18.7. The van der Waals surface area contributed by atoms with E-state index in [1.807, 2.05) is 12.3 Å².